The monoisotopic (exact) mass is 293 g/mol. The van der Waals surface area contributed by atoms with E-state index in [1.54, 1.807) is 6.07 Å². The van der Waals surface area contributed by atoms with Crippen LogP contribution in [-0.4, -0.2) is 29.6 Å². The fourth-order valence-electron chi connectivity index (χ4n) is 3.75. The summed E-state index contributed by atoms with van der Waals surface area (Å²) in [6, 6.07) is 5.32. The molecule has 2 unspecified atom stereocenters. The Bertz CT molecular complexity index is 540. The Morgan fingerprint density at radius 3 is 2.57 bits per heavy atom. The highest BCUT2D eigenvalue weighted by Gasteiger charge is 2.36. The highest BCUT2D eigenvalue weighted by Crippen LogP contribution is 2.33. The van der Waals surface area contributed by atoms with Crippen LogP contribution in [0, 0.1) is 15.9 Å². The molecule has 2 aliphatic rings. The van der Waals surface area contributed by atoms with E-state index in [-0.39, 0.29) is 5.69 Å². The van der Waals surface area contributed by atoms with Gasteiger partial charge in [-0.25, -0.2) is 4.39 Å². The van der Waals surface area contributed by atoms with Gasteiger partial charge >= 0.3 is 0 Å². The van der Waals surface area contributed by atoms with Gasteiger partial charge in [0.25, 0.3) is 5.69 Å². The predicted molar refractivity (Wildman–Crippen MR) is 79.0 cm³/mol. The second-order valence-electron chi connectivity index (χ2n) is 5.94. The number of anilines is 1. The average molecular weight is 293 g/mol. The molecule has 5 nitrogen and oxygen atoms in total. The third-order valence-electron chi connectivity index (χ3n) is 4.68. The first kappa shape index (κ1) is 14.3. The lowest BCUT2D eigenvalue weighted by molar-refractivity contribution is -0.385. The van der Waals surface area contributed by atoms with Gasteiger partial charge in [-0.3, -0.25) is 10.1 Å². The number of non-ortho nitro benzene ring substituents is 1. The number of fused-ring (bicyclic) bond motifs is 2. The molecule has 3 rings (SSSR count). The molecule has 0 radical (unpaired) electrons. The highest BCUT2D eigenvalue weighted by atomic mass is 19.1. The standard InChI is InChI=1S/C15H20FN3O2/c1-2-18(13-7-10-3-4-11(8-13)17-10)15-6-5-12(19(20)21)9-14(15)16/h5-6,9-11,13,17H,2-4,7-8H2,1H3. The van der Waals surface area contributed by atoms with Gasteiger partial charge in [0.1, 0.15) is 0 Å². The van der Waals surface area contributed by atoms with E-state index in [1.165, 1.54) is 18.9 Å². The van der Waals surface area contributed by atoms with Crippen molar-refractivity contribution in [3.05, 3.63) is 34.1 Å². The third kappa shape index (κ3) is 2.72. The first-order valence-corrected chi connectivity index (χ1v) is 7.55. The zero-order valence-corrected chi connectivity index (χ0v) is 12.1. The van der Waals surface area contributed by atoms with E-state index in [0.29, 0.717) is 30.4 Å². The van der Waals surface area contributed by atoms with E-state index in [4.69, 9.17) is 0 Å². The number of halogens is 1. The van der Waals surface area contributed by atoms with Gasteiger partial charge in [0, 0.05) is 30.7 Å². The number of benzene rings is 1. The van der Waals surface area contributed by atoms with Gasteiger partial charge < -0.3 is 10.2 Å². The van der Waals surface area contributed by atoms with Crippen molar-refractivity contribution in [1.29, 1.82) is 0 Å². The lowest BCUT2D eigenvalue weighted by Gasteiger charge is -2.38. The second kappa shape index (κ2) is 5.60. The molecule has 0 saturated carbocycles. The molecule has 6 heteroatoms. The molecule has 0 spiro atoms. The fourth-order valence-corrected chi connectivity index (χ4v) is 3.75. The van der Waals surface area contributed by atoms with Gasteiger partial charge in [-0.1, -0.05) is 0 Å². The molecule has 2 atom stereocenters. The number of rotatable bonds is 4. The van der Waals surface area contributed by atoms with E-state index in [2.05, 4.69) is 10.2 Å². The van der Waals surface area contributed by atoms with Crippen LogP contribution in [0.1, 0.15) is 32.6 Å². The summed E-state index contributed by atoms with van der Waals surface area (Å²) < 4.78 is 14.3. The van der Waals surface area contributed by atoms with Crippen molar-refractivity contribution in [2.75, 3.05) is 11.4 Å². The Hall–Kier alpha value is -1.69. The number of nitrogens with one attached hydrogen (secondary N) is 1. The summed E-state index contributed by atoms with van der Waals surface area (Å²) in [6.07, 6.45) is 4.42. The maximum absolute atomic E-state index is 14.3. The number of hydrogen-bond acceptors (Lipinski definition) is 4. The third-order valence-corrected chi connectivity index (χ3v) is 4.68. The van der Waals surface area contributed by atoms with Crippen LogP contribution < -0.4 is 10.2 Å². The summed E-state index contributed by atoms with van der Waals surface area (Å²) in [5, 5.41) is 14.3. The van der Waals surface area contributed by atoms with E-state index >= 15 is 0 Å². The van der Waals surface area contributed by atoms with Gasteiger partial charge in [-0.2, -0.15) is 0 Å². The van der Waals surface area contributed by atoms with E-state index < -0.39 is 10.7 Å². The van der Waals surface area contributed by atoms with Crippen molar-refractivity contribution >= 4 is 11.4 Å². The minimum absolute atomic E-state index is 0.197. The van der Waals surface area contributed by atoms with Gasteiger partial charge in [0.2, 0.25) is 0 Å². The van der Waals surface area contributed by atoms with Crippen molar-refractivity contribution in [2.45, 2.75) is 50.7 Å². The molecule has 1 aromatic rings. The average Bonchev–Trinajstić information content (AvgIpc) is 2.80. The predicted octanol–water partition coefficient (Wildman–Crippen LogP) is 2.84. The topological polar surface area (TPSA) is 58.4 Å². The first-order valence-electron chi connectivity index (χ1n) is 7.55. The number of piperidine rings is 1. The number of nitrogens with zero attached hydrogens (tertiary/aromatic N) is 2. The Kier molecular flexibility index (Phi) is 3.80. The van der Waals surface area contributed by atoms with Crippen molar-refractivity contribution < 1.29 is 9.31 Å². The second-order valence-corrected chi connectivity index (χ2v) is 5.94. The van der Waals surface area contributed by atoms with Crippen LogP contribution in [-0.2, 0) is 0 Å². The highest BCUT2D eigenvalue weighted by molar-refractivity contribution is 5.53. The van der Waals surface area contributed by atoms with Crippen LogP contribution in [0.3, 0.4) is 0 Å². The van der Waals surface area contributed by atoms with Gasteiger partial charge in [0.05, 0.1) is 16.7 Å². The van der Waals surface area contributed by atoms with E-state index in [9.17, 15) is 14.5 Å². The molecule has 2 saturated heterocycles. The molecule has 1 N–H and O–H groups in total. The van der Waals surface area contributed by atoms with Crippen LogP contribution in [0.25, 0.3) is 0 Å². The summed E-state index contributed by atoms with van der Waals surface area (Å²) in [5.74, 6) is -0.503. The van der Waals surface area contributed by atoms with Gasteiger partial charge in [-0.05, 0) is 38.7 Å². The normalized spacial score (nSPS) is 27.6. The van der Waals surface area contributed by atoms with Crippen LogP contribution in [0.2, 0.25) is 0 Å². The van der Waals surface area contributed by atoms with Crippen molar-refractivity contribution in [1.82, 2.24) is 5.32 Å². The minimum atomic E-state index is -0.562. The van der Waals surface area contributed by atoms with Crippen LogP contribution in [0.4, 0.5) is 15.8 Å². The molecule has 0 aliphatic carbocycles. The summed E-state index contributed by atoms with van der Waals surface area (Å²) in [6.45, 7) is 2.71. The van der Waals surface area contributed by atoms with Crippen molar-refractivity contribution in [2.24, 2.45) is 0 Å². The number of nitro groups is 1. The molecule has 1 aromatic carbocycles. The zero-order valence-electron chi connectivity index (χ0n) is 12.1. The molecule has 2 heterocycles. The summed E-state index contributed by atoms with van der Waals surface area (Å²) >= 11 is 0. The summed E-state index contributed by atoms with van der Waals surface area (Å²) in [7, 11) is 0. The molecule has 2 aliphatic heterocycles. The molecule has 21 heavy (non-hydrogen) atoms. The lowest BCUT2D eigenvalue weighted by atomic mass is 9.97. The molecular formula is C15H20FN3O2. The van der Waals surface area contributed by atoms with Crippen molar-refractivity contribution in [3.8, 4) is 0 Å². The summed E-state index contributed by atoms with van der Waals surface area (Å²) in [4.78, 5) is 12.2. The molecular weight excluding hydrogens is 273 g/mol. The minimum Gasteiger partial charge on any atom is -0.366 e. The largest absolute Gasteiger partial charge is 0.366 e. The summed E-state index contributed by atoms with van der Waals surface area (Å²) in [5.41, 5.74) is 0.284. The Labute approximate surface area is 123 Å². The maximum atomic E-state index is 14.3. The molecule has 2 bridgehead atoms. The quantitative estimate of drug-likeness (QED) is 0.685. The zero-order chi connectivity index (χ0) is 15.0. The smallest absolute Gasteiger partial charge is 0.272 e. The van der Waals surface area contributed by atoms with Crippen molar-refractivity contribution in [3.63, 3.8) is 0 Å². The van der Waals surface area contributed by atoms with Gasteiger partial charge in [0.15, 0.2) is 5.82 Å². The molecule has 114 valence electrons. The molecule has 0 amide bonds. The Morgan fingerprint density at radius 1 is 1.38 bits per heavy atom. The van der Waals surface area contributed by atoms with Crippen LogP contribution in [0.15, 0.2) is 18.2 Å². The van der Waals surface area contributed by atoms with Crippen LogP contribution in [0.5, 0.6) is 0 Å². The van der Waals surface area contributed by atoms with E-state index in [1.807, 2.05) is 6.92 Å². The first-order chi connectivity index (χ1) is 10.1. The number of hydrogen-bond donors (Lipinski definition) is 1. The van der Waals surface area contributed by atoms with Gasteiger partial charge in [-0.15, -0.1) is 0 Å². The fraction of sp³-hybridized carbons (Fsp3) is 0.600. The van der Waals surface area contributed by atoms with Crippen LogP contribution >= 0.6 is 0 Å². The lowest BCUT2D eigenvalue weighted by Crippen LogP contribution is -2.48. The number of nitro benzene ring substituents is 1. The SMILES string of the molecule is CCN(c1ccc([N+](=O)[O-])cc1F)C1CC2CCC(C1)N2. The Balaban J connectivity index is 1.84. The Morgan fingerprint density at radius 2 is 2.05 bits per heavy atom. The van der Waals surface area contributed by atoms with E-state index in [0.717, 1.165) is 18.9 Å². The molecule has 2 fully saturated rings. The molecule has 0 aromatic heterocycles. The maximum Gasteiger partial charge on any atom is 0.272 e.